The first kappa shape index (κ1) is 14.3. The van der Waals surface area contributed by atoms with Crippen LogP contribution in [0.1, 0.15) is 16.8 Å². The number of carbonyl (C=O) groups is 2. The fourth-order valence-electron chi connectivity index (χ4n) is 2.21. The van der Waals surface area contributed by atoms with Crippen molar-refractivity contribution in [1.82, 2.24) is 9.80 Å². The van der Waals surface area contributed by atoms with Gasteiger partial charge >= 0.3 is 6.09 Å². The van der Waals surface area contributed by atoms with Crippen LogP contribution in [0, 0.1) is 5.82 Å². The Bertz CT molecular complexity index is 490. The summed E-state index contributed by atoms with van der Waals surface area (Å²) in [7, 11) is 1.34. The lowest BCUT2D eigenvalue weighted by atomic mass is 10.2. The summed E-state index contributed by atoms with van der Waals surface area (Å²) < 4.78 is 17.5. The van der Waals surface area contributed by atoms with E-state index in [4.69, 9.17) is 0 Å². The zero-order valence-electron chi connectivity index (χ0n) is 11.3. The van der Waals surface area contributed by atoms with Gasteiger partial charge in [-0.3, -0.25) is 4.79 Å². The lowest BCUT2D eigenvalue weighted by Gasteiger charge is -2.21. The molecule has 20 heavy (non-hydrogen) atoms. The van der Waals surface area contributed by atoms with E-state index in [2.05, 4.69) is 4.74 Å². The van der Waals surface area contributed by atoms with Gasteiger partial charge in [0.1, 0.15) is 5.82 Å². The second kappa shape index (κ2) is 6.36. The second-order valence-corrected chi connectivity index (χ2v) is 4.61. The minimum absolute atomic E-state index is 0.142. The van der Waals surface area contributed by atoms with Gasteiger partial charge in [0.25, 0.3) is 5.91 Å². The molecule has 2 amide bonds. The van der Waals surface area contributed by atoms with E-state index in [1.54, 1.807) is 9.80 Å². The molecule has 0 aliphatic carbocycles. The average Bonchev–Trinajstić information content (AvgIpc) is 2.72. The van der Waals surface area contributed by atoms with Gasteiger partial charge in [-0.2, -0.15) is 0 Å². The van der Waals surface area contributed by atoms with Crippen LogP contribution in [0.25, 0.3) is 0 Å². The van der Waals surface area contributed by atoms with Gasteiger partial charge in [0.15, 0.2) is 0 Å². The predicted molar refractivity (Wildman–Crippen MR) is 70.9 cm³/mol. The summed E-state index contributed by atoms with van der Waals surface area (Å²) in [5, 5.41) is 0. The van der Waals surface area contributed by atoms with Crippen molar-refractivity contribution in [3.8, 4) is 0 Å². The van der Waals surface area contributed by atoms with Crippen LogP contribution in [0.4, 0.5) is 9.18 Å². The van der Waals surface area contributed by atoms with Gasteiger partial charge in [0.2, 0.25) is 0 Å². The highest BCUT2D eigenvalue weighted by Gasteiger charge is 2.22. The summed E-state index contributed by atoms with van der Waals surface area (Å²) in [5.41, 5.74) is 0.456. The Morgan fingerprint density at radius 2 is 1.65 bits per heavy atom. The maximum absolute atomic E-state index is 12.9. The van der Waals surface area contributed by atoms with Gasteiger partial charge in [-0.25, -0.2) is 9.18 Å². The minimum Gasteiger partial charge on any atom is -0.453 e. The number of carbonyl (C=O) groups excluding carboxylic acids is 2. The molecule has 1 heterocycles. The molecule has 0 aromatic heterocycles. The summed E-state index contributed by atoms with van der Waals surface area (Å²) in [4.78, 5) is 27.0. The van der Waals surface area contributed by atoms with E-state index in [1.807, 2.05) is 0 Å². The number of amides is 2. The molecule has 0 N–H and O–H groups in total. The third-order valence-corrected chi connectivity index (χ3v) is 3.31. The molecule has 1 aromatic carbocycles. The number of halogens is 1. The van der Waals surface area contributed by atoms with Crippen molar-refractivity contribution in [3.05, 3.63) is 35.6 Å². The Morgan fingerprint density at radius 1 is 1.05 bits per heavy atom. The minimum atomic E-state index is -0.374. The van der Waals surface area contributed by atoms with Crippen LogP contribution >= 0.6 is 0 Å². The van der Waals surface area contributed by atoms with Gasteiger partial charge in [-0.05, 0) is 30.7 Å². The third-order valence-electron chi connectivity index (χ3n) is 3.31. The summed E-state index contributed by atoms with van der Waals surface area (Å²) >= 11 is 0. The fraction of sp³-hybridized carbons (Fsp3) is 0.429. The Balaban J connectivity index is 2.01. The molecule has 5 nitrogen and oxygen atoms in total. The van der Waals surface area contributed by atoms with Crippen LogP contribution in [0.15, 0.2) is 24.3 Å². The Hall–Kier alpha value is -2.11. The van der Waals surface area contributed by atoms with Crippen LogP contribution in [0.5, 0.6) is 0 Å². The number of hydrogen-bond acceptors (Lipinski definition) is 3. The lowest BCUT2D eigenvalue weighted by molar-refractivity contribution is 0.0757. The highest BCUT2D eigenvalue weighted by Crippen LogP contribution is 2.10. The summed E-state index contributed by atoms with van der Waals surface area (Å²) in [6, 6.07) is 5.49. The monoisotopic (exact) mass is 280 g/mol. The molecular weight excluding hydrogens is 263 g/mol. The van der Waals surface area contributed by atoms with Crippen LogP contribution in [-0.4, -0.2) is 55.1 Å². The standard InChI is InChI=1S/C14H17FN2O3/c1-20-14(19)17-8-2-7-16(9-10-17)13(18)11-3-5-12(15)6-4-11/h3-6H,2,7-10H2,1H3. The first-order valence-corrected chi connectivity index (χ1v) is 6.49. The molecule has 108 valence electrons. The predicted octanol–water partition coefficient (Wildman–Crippen LogP) is 1.74. The van der Waals surface area contributed by atoms with Gasteiger partial charge in [-0.1, -0.05) is 0 Å². The third kappa shape index (κ3) is 3.26. The number of hydrogen-bond donors (Lipinski definition) is 0. The molecule has 0 bridgehead atoms. The molecule has 0 radical (unpaired) electrons. The van der Waals surface area contributed by atoms with Gasteiger partial charge in [0, 0.05) is 31.7 Å². The summed E-state index contributed by atoms with van der Waals surface area (Å²) in [6.07, 6.45) is 0.322. The van der Waals surface area contributed by atoms with E-state index in [0.29, 0.717) is 38.2 Å². The van der Waals surface area contributed by atoms with Crippen LogP contribution in [0.2, 0.25) is 0 Å². The van der Waals surface area contributed by atoms with Crippen LogP contribution in [-0.2, 0) is 4.74 Å². The first-order chi connectivity index (χ1) is 9.61. The van der Waals surface area contributed by atoms with E-state index in [0.717, 1.165) is 0 Å². The highest BCUT2D eigenvalue weighted by atomic mass is 19.1. The molecule has 1 fully saturated rings. The maximum atomic E-state index is 12.9. The van der Waals surface area contributed by atoms with E-state index in [9.17, 15) is 14.0 Å². The van der Waals surface area contributed by atoms with E-state index in [-0.39, 0.29) is 17.8 Å². The van der Waals surface area contributed by atoms with E-state index >= 15 is 0 Å². The van der Waals surface area contributed by atoms with E-state index < -0.39 is 0 Å². The zero-order chi connectivity index (χ0) is 14.5. The van der Waals surface area contributed by atoms with Crippen LogP contribution < -0.4 is 0 Å². The van der Waals surface area contributed by atoms with Crippen LogP contribution in [0.3, 0.4) is 0 Å². The Kier molecular flexibility index (Phi) is 4.55. The number of ether oxygens (including phenoxy) is 1. The van der Waals surface area contributed by atoms with Crippen molar-refractivity contribution in [3.63, 3.8) is 0 Å². The Labute approximate surface area is 116 Å². The molecule has 2 rings (SSSR count). The second-order valence-electron chi connectivity index (χ2n) is 4.61. The lowest BCUT2D eigenvalue weighted by Crippen LogP contribution is -2.37. The molecule has 1 aliphatic heterocycles. The molecule has 1 saturated heterocycles. The molecule has 0 spiro atoms. The quantitative estimate of drug-likeness (QED) is 0.787. The van der Waals surface area contributed by atoms with Crippen molar-refractivity contribution in [2.24, 2.45) is 0 Å². The number of nitrogens with zero attached hydrogens (tertiary/aromatic N) is 2. The molecule has 1 aromatic rings. The van der Waals surface area contributed by atoms with Crippen molar-refractivity contribution in [2.45, 2.75) is 6.42 Å². The van der Waals surface area contributed by atoms with Crippen molar-refractivity contribution in [1.29, 1.82) is 0 Å². The molecule has 1 aliphatic rings. The Morgan fingerprint density at radius 3 is 2.30 bits per heavy atom. The van der Waals surface area contributed by atoms with Crippen molar-refractivity contribution < 1.29 is 18.7 Å². The molecule has 6 heteroatoms. The maximum Gasteiger partial charge on any atom is 0.409 e. The SMILES string of the molecule is COC(=O)N1CCCN(C(=O)c2ccc(F)cc2)CC1. The number of rotatable bonds is 1. The first-order valence-electron chi connectivity index (χ1n) is 6.49. The normalized spacial score (nSPS) is 15.7. The van der Waals surface area contributed by atoms with Crippen molar-refractivity contribution >= 4 is 12.0 Å². The van der Waals surface area contributed by atoms with Gasteiger partial charge in [-0.15, -0.1) is 0 Å². The van der Waals surface area contributed by atoms with Gasteiger partial charge < -0.3 is 14.5 Å². The van der Waals surface area contributed by atoms with Crippen molar-refractivity contribution in [2.75, 3.05) is 33.3 Å². The van der Waals surface area contributed by atoms with Gasteiger partial charge in [0.05, 0.1) is 7.11 Å². The molecule has 0 saturated carbocycles. The largest absolute Gasteiger partial charge is 0.453 e. The molecular formula is C14H17FN2O3. The smallest absolute Gasteiger partial charge is 0.409 e. The zero-order valence-corrected chi connectivity index (χ0v) is 11.3. The number of benzene rings is 1. The topological polar surface area (TPSA) is 49.9 Å². The molecule has 0 unspecified atom stereocenters. The van der Waals surface area contributed by atoms with E-state index in [1.165, 1.54) is 31.4 Å². The summed E-state index contributed by atoms with van der Waals surface area (Å²) in [5.74, 6) is -0.508. The molecule has 0 atom stereocenters. The summed E-state index contributed by atoms with van der Waals surface area (Å²) in [6.45, 7) is 2.04. The fourth-order valence-corrected chi connectivity index (χ4v) is 2.21. The highest BCUT2D eigenvalue weighted by molar-refractivity contribution is 5.94. The number of methoxy groups -OCH3 is 1. The average molecular weight is 280 g/mol.